The Morgan fingerprint density at radius 2 is 1.64 bits per heavy atom. The number of nitrogens with two attached hydrogens (primary N) is 1. The van der Waals surface area contributed by atoms with Crippen molar-refractivity contribution in [1.82, 2.24) is 0 Å². The van der Waals surface area contributed by atoms with Crippen molar-refractivity contribution in [2.45, 2.75) is 11.8 Å². The molecule has 0 aliphatic heterocycles. The van der Waals surface area contributed by atoms with Crippen LogP contribution in [-0.4, -0.2) is 25.4 Å². The van der Waals surface area contributed by atoms with Gasteiger partial charge in [-0.25, -0.2) is 27.1 Å². The molecule has 0 aromatic heterocycles. The Labute approximate surface area is 201 Å². The summed E-state index contributed by atoms with van der Waals surface area (Å²) in [6.07, 6.45) is 0. The average molecular weight is 587 g/mol. The Bertz CT molecular complexity index is 1380. The molecule has 0 heterocycles. The predicted molar refractivity (Wildman–Crippen MR) is 126 cm³/mol. The van der Waals surface area contributed by atoms with Crippen molar-refractivity contribution in [2.24, 2.45) is 5.14 Å². The van der Waals surface area contributed by atoms with Crippen LogP contribution < -0.4 is 15.8 Å². The number of halogens is 3. The number of amides is 1. The van der Waals surface area contributed by atoms with Gasteiger partial charge >= 0.3 is 5.97 Å². The maximum Gasteiger partial charge on any atom is 0.338 e. The minimum Gasteiger partial charge on any atom is -0.478 e. The van der Waals surface area contributed by atoms with Crippen molar-refractivity contribution in [1.29, 1.82) is 0 Å². The highest BCUT2D eigenvalue weighted by molar-refractivity contribution is 14.1. The van der Waals surface area contributed by atoms with E-state index in [1.54, 1.807) is 25.1 Å². The molecule has 0 saturated heterocycles. The summed E-state index contributed by atoms with van der Waals surface area (Å²) >= 11 is 2.08. The zero-order chi connectivity index (χ0) is 24.5. The maximum atomic E-state index is 14.9. The van der Waals surface area contributed by atoms with E-state index in [4.69, 9.17) is 5.14 Å². The Morgan fingerprint density at radius 1 is 1.00 bits per heavy atom. The summed E-state index contributed by atoms with van der Waals surface area (Å²) in [5.74, 6) is -5.87. The van der Waals surface area contributed by atoms with Gasteiger partial charge in [0.2, 0.25) is 10.0 Å². The molecule has 3 rings (SSSR count). The molecule has 1 amide bonds. The van der Waals surface area contributed by atoms with Crippen LogP contribution in [0.25, 0.3) is 0 Å². The fraction of sp³-hybridized carbons (Fsp3) is 0.0476. The molecular formula is C21H16F2IN3O5S. The van der Waals surface area contributed by atoms with E-state index in [2.05, 4.69) is 33.2 Å². The van der Waals surface area contributed by atoms with E-state index in [1.165, 1.54) is 12.1 Å². The van der Waals surface area contributed by atoms with E-state index >= 15 is 0 Å². The highest BCUT2D eigenvalue weighted by atomic mass is 127. The number of hydrogen-bond donors (Lipinski definition) is 4. The van der Waals surface area contributed by atoms with Gasteiger partial charge in [0.05, 0.1) is 21.7 Å². The van der Waals surface area contributed by atoms with Crippen molar-refractivity contribution < 1.29 is 31.9 Å². The first-order valence-electron chi connectivity index (χ1n) is 9.11. The molecule has 0 spiro atoms. The Balaban J connectivity index is 2.06. The van der Waals surface area contributed by atoms with Crippen LogP contribution in [0.1, 0.15) is 26.3 Å². The monoisotopic (exact) mass is 587 g/mol. The van der Waals surface area contributed by atoms with Crippen molar-refractivity contribution in [3.05, 3.63) is 80.4 Å². The summed E-state index contributed by atoms with van der Waals surface area (Å²) in [6, 6.07) is 10.6. The van der Waals surface area contributed by atoms with Gasteiger partial charge in [0.1, 0.15) is 0 Å². The number of carboxylic acid groups (broad SMARTS) is 1. The molecule has 8 nitrogen and oxygen atoms in total. The lowest BCUT2D eigenvalue weighted by Gasteiger charge is -2.17. The molecule has 0 saturated carbocycles. The quantitative estimate of drug-likeness (QED) is 0.319. The number of hydrogen-bond acceptors (Lipinski definition) is 5. The first kappa shape index (κ1) is 24.5. The summed E-state index contributed by atoms with van der Waals surface area (Å²) < 4.78 is 53.0. The van der Waals surface area contributed by atoms with Crippen molar-refractivity contribution in [3.63, 3.8) is 0 Å². The summed E-state index contributed by atoms with van der Waals surface area (Å²) in [5.41, 5.74) is -0.880. The molecule has 0 unspecified atom stereocenters. The highest BCUT2D eigenvalue weighted by Gasteiger charge is 2.26. The second-order valence-electron chi connectivity index (χ2n) is 6.89. The molecule has 0 aliphatic rings. The van der Waals surface area contributed by atoms with E-state index in [-0.39, 0.29) is 10.6 Å². The molecule has 0 atom stereocenters. The number of nitrogens with one attached hydrogen (secondary N) is 2. The lowest BCUT2D eigenvalue weighted by molar-refractivity contribution is 0.0690. The third-order valence-electron chi connectivity index (χ3n) is 4.57. The second-order valence-corrected chi connectivity index (χ2v) is 9.69. The minimum atomic E-state index is -3.95. The number of anilines is 3. The van der Waals surface area contributed by atoms with Crippen molar-refractivity contribution in [2.75, 3.05) is 10.6 Å². The Morgan fingerprint density at radius 3 is 2.18 bits per heavy atom. The van der Waals surface area contributed by atoms with Crippen LogP contribution in [0.2, 0.25) is 0 Å². The topological polar surface area (TPSA) is 139 Å². The summed E-state index contributed by atoms with van der Waals surface area (Å²) in [5, 5.41) is 19.3. The van der Waals surface area contributed by atoms with Crippen molar-refractivity contribution >= 4 is 61.6 Å². The SMILES string of the molecule is Cc1cc(I)ccc1Nc1c(C(=O)Nc2ccc(S(N)(=O)=O)cc2)cc(C(=O)O)c(F)c1F. The second kappa shape index (κ2) is 9.41. The number of carbonyl (C=O) groups excluding carboxylic acids is 1. The standard InChI is InChI=1S/C21H16F2IN3O5S/c1-10-8-11(24)2-7-16(10)27-19-15(9-14(21(29)30)17(22)18(19)23)20(28)26-12-3-5-13(6-4-12)33(25,31)32/h2-9,27H,1H3,(H,26,28)(H,29,30)(H2,25,31,32). The molecule has 5 N–H and O–H groups in total. The Hall–Kier alpha value is -3.10. The van der Waals surface area contributed by atoms with Gasteiger partial charge in [0.25, 0.3) is 5.91 Å². The number of rotatable bonds is 6. The number of benzene rings is 3. The van der Waals surface area contributed by atoms with E-state index in [9.17, 15) is 31.9 Å². The van der Waals surface area contributed by atoms with Gasteiger partial charge in [0.15, 0.2) is 11.6 Å². The van der Waals surface area contributed by atoms with Crippen LogP contribution in [0.3, 0.4) is 0 Å². The van der Waals surface area contributed by atoms with Gasteiger partial charge in [-0.1, -0.05) is 0 Å². The summed E-state index contributed by atoms with van der Waals surface area (Å²) in [7, 11) is -3.95. The molecule has 172 valence electrons. The van der Waals surface area contributed by atoms with E-state index in [0.29, 0.717) is 11.3 Å². The average Bonchev–Trinajstić information content (AvgIpc) is 2.72. The zero-order valence-electron chi connectivity index (χ0n) is 16.8. The number of carboxylic acids is 1. The number of carbonyl (C=O) groups is 2. The van der Waals surface area contributed by atoms with E-state index in [0.717, 1.165) is 21.8 Å². The maximum absolute atomic E-state index is 14.9. The van der Waals surface area contributed by atoms with Crippen LogP contribution in [0, 0.1) is 22.1 Å². The van der Waals surface area contributed by atoms with Crippen LogP contribution in [0.15, 0.2) is 53.4 Å². The van der Waals surface area contributed by atoms with E-state index in [1.807, 2.05) is 0 Å². The van der Waals surface area contributed by atoms with E-state index < -0.39 is 50.3 Å². The van der Waals surface area contributed by atoms with Crippen LogP contribution in [0.4, 0.5) is 25.8 Å². The first-order chi connectivity index (χ1) is 15.4. The molecular weight excluding hydrogens is 571 g/mol. The molecule has 0 radical (unpaired) electrons. The normalized spacial score (nSPS) is 11.2. The van der Waals surface area contributed by atoms with Gasteiger partial charge in [-0.05, 0) is 83.6 Å². The number of aromatic carboxylic acids is 1. The molecule has 3 aromatic rings. The Kier molecular flexibility index (Phi) is 7.00. The van der Waals surface area contributed by atoms with Crippen LogP contribution in [0.5, 0.6) is 0 Å². The predicted octanol–water partition coefficient (Wildman–Crippen LogP) is 4.22. The third kappa shape index (κ3) is 5.46. The van der Waals surface area contributed by atoms with Gasteiger partial charge in [0, 0.05) is 14.9 Å². The van der Waals surface area contributed by atoms with Crippen LogP contribution in [-0.2, 0) is 10.0 Å². The molecule has 0 fully saturated rings. The smallest absolute Gasteiger partial charge is 0.338 e. The molecule has 3 aromatic carbocycles. The summed E-state index contributed by atoms with van der Waals surface area (Å²) in [4.78, 5) is 24.1. The highest BCUT2D eigenvalue weighted by Crippen LogP contribution is 2.31. The van der Waals surface area contributed by atoms with Crippen molar-refractivity contribution in [3.8, 4) is 0 Å². The molecule has 33 heavy (non-hydrogen) atoms. The number of sulfonamides is 1. The fourth-order valence-electron chi connectivity index (χ4n) is 2.91. The molecule has 0 bridgehead atoms. The fourth-order valence-corrected chi connectivity index (χ4v) is 4.07. The summed E-state index contributed by atoms with van der Waals surface area (Å²) in [6.45, 7) is 1.72. The molecule has 0 aliphatic carbocycles. The minimum absolute atomic E-state index is 0.116. The lowest BCUT2D eigenvalue weighted by Crippen LogP contribution is -2.18. The van der Waals surface area contributed by atoms with Gasteiger partial charge in [-0.15, -0.1) is 0 Å². The van der Waals surface area contributed by atoms with Crippen LogP contribution >= 0.6 is 22.6 Å². The molecule has 12 heteroatoms. The zero-order valence-corrected chi connectivity index (χ0v) is 19.8. The largest absolute Gasteiger partial charge is 0.478 e. The van der Waals surface area contributed by atoms with Gasteiger partial charge in [-0.2, -0.15) is 0 Å². The first-order valence-corrected chi connectivity index (χ1v) is 11.7. The number of aryl methyl sites for hydroxylation is 1. The third-order valence-corrected chi connectivity index (χ3v) is 6.17. The lowest BCUT2D eigenvalue weighted by atomic mass is 10.0. The number of primary sulfonamides is 1. The van der Waals surface area contributed by atoms with Gasteiger partial charge in [-0.3, -0.25) is 4.79 Å². The van der Waals surface area contributed by atoms with Gasteiger partial charge < -0.3 is 15.7 Å².